The van der Waals surface area contributed by atoms with Gasteiger partial charge in [0.05, 0.1) is 18.7 Å². The first-order valence-electron chi connectivity index (χ1n) is 11.0. The Morgan fingerprint density at radius 2 is 1.88 bits per heavy atom. The highest BCUT2D eigenvalue weighted by Crippen LogP contribution is 2.26. The number of hydrogen-bond acceptors (Lipinski definition) is 8. The van der Waals surface area contributed by atoms with Crippen LogP contribution in [0.2, 0.25) is 0 Å². The third-order valence-corrected chi connectivity index (χ3v) is 5.31. The molecule has 0 radical (unpaired) electrons. The first-order chi connectivity index (χ1) is 15.6. The third-order valence-electron chi connectivity index (χ3n) is 5.15. The van der Waals surface area contributed by atoms with Crippen LogP contribution in [0.25, 0.3) is 0 Å². The number of hydrazone groups is 1. The molecule has 3 rings (SSSR count). The Bertz CT molecular complexity index is 953. The molecule has 1 fully saturated rings. The lowest BCUT2D eigenvalue weighted by atomic mass is 9.90. The predicted octanol–water partition coefficient (Wildman–Crippen LogP) is 2.71. The third kappa shape index (κ3) is 7.31. The number of ether oxygens (including phenoxy) is 1. The Labute approximate surface area is 198 Å². The van der Waals surface area contributed by atoms with E-state index in [2.05, 4.69) is 23.2 Å². The van der Waals surface area contributed by atoms with Crippen molar-refractivity contribution in [2.24, 2.45) is 5.10 Å². The number of aryl methyl sites for hydroxylation is 1. The van der Waals surface area contributed by atoms with Crippen LogP contribution >= 0.6 is 12.6 Å². The Morgan fingerprint density at radius 3 is 2.58 bits per heavy atom. The lowest BCUT2D eigenvalue weighted by Gasteiger charge is -2.20. The van der Waals surface area contributed by atoms with Gasteiger partial charge in [0.25, 0.3) is 11.8 Å². The number of imide groups is 1. The molecule has 3 amide bonds. The molecule has 1 aromatic carbocycles. The fourth-order valence-electron chi connectivity index (χ4n) is 3.62. The van der Waals surface area contributed by atoms with E-state index in [0.29, 0.717) is 17.2 Å². The smallest absolute Gasteiger partial charge is 0.333 e. The van der Waals surface area contributed by atoms with Crippen molar-refractivity contribution in [2.75, 3.05) is 6.61 Å². The summed E-state index contributed by atoms with van der Waals surface area (Å²) in [5, 5.41) is 4.87. The largest absolute Gasteiger partial charge is 0.494 e. The summed E-state index contributed by atoms with van der Waals surface area (Å²) in [5.41, 5.74) is 5.54. The van der Waals surface area contributed by atoms with E-state index >= 15 is 0 Å². The number of nitrogens with one attached hydrogen (secondary N) is 1. The van der Waals surface area contributed by atoms with Crippen molar-refractivity contribution in [1.29, 1.82) is 0 Å². The van der Waals surface area contributed by atoms with Crippen molar-refractivity contribution in [3.05, 3.63) is 29.3 Å². The Kier molecular flexibility index (Phi) is 8.12. The second-order valence-electron chi connectivity index (χ2n) is 8.75. The average molecular weight is 476 g/mol. The van der Waals surface area contributed by atoms with Gasteiger partial charge in [0, 0.05) is 29.6 Å². The maximum absolute atomic E-state index is 12.0. The number of hydrogen-bond donors (Lipinski definition) is 2. The molecular formula is C23H29N3O6S. The van der Waals surface area contributed by atoms with E-state index in [1.54, 1.807) is 0 Å². The van der Waals surface area contributed by atoms with Crippen molar-refractivity contribution in [2.45, 2.75) is 70.0 Å². The molecule has 0 unspecified atom stereocenters. The number of fused-ring (bicyclic) bond motifs is 1. The molecule has 10 heteroatoms. The number of rotatable bonds is 9. The Hall–Kier alpha value is -2.88. The van der Waals surface area contributed by atoms with Gasteiger partial charge in [-0.1, -0.05) is 13.8 Å². The fraction of sp³-hybridized carbons (Fsp3) is 0.522. The highest BCUT2D eigenvalue weighted by molar-refractivity contribution is 7.81. The fourth-order valence-corrected chi connectivity index (χ4v) is 3.76. The molecule has 33 heavy (non-hydrogen) atoms. The monoisotopic (exact) mass is 475 g/mol. The minimum absolute atomic E-state index is 0.0294. The molecule has 0 aromatic heterocycles. The molecule has 0 atom stereocenters. The van der Waals surface area contributed by atoms with Crippen LogP contribution in [0, 0.1) is 0 Å². The van der Waals surface area contributed by atoms with Crippen LogP contribution in [0.4, 0.5) is 0 Å². The molecule has 1 aliphatic carbocycles. The van der Waals surface area contributed by atoms with Gasteiger partial charge < -0.3 is 9.57 Å². The number of carbonyl (C=O) groups excluding carboxylic acids is 4. The van der Waals surface area contributed by atoms with E-state index < -0.39 is 22.5 Å². The molecule has 0 spiro atoms. The van der Waals surface area contributed by atoms with Gasteiger partial charge in [-0.05, 0) is 49.4 Å². The van der Waals surface area contributed by atoms with Crippen molar-refractivity contribution >= 4 is 42.0 Å². The average Bonchev–Trinajstić information content (AvgIpc) is 3.06. The summed E-state index contributed by atoms with van der Waals surface area (Å²) in [5.74, 6) is -1.13. The summed E-state index contributed by atoms with van der Waals surface area (Å²) < 4.78 is 5.35. The van der Waals surface area contributed by atoms with Gasteiger partial charge in [-0.15, -0.1) is 5.06 Å². The van der Waals surface area contributed by atoms with Gasteiger partial charge in [0.15, 0.2) is 0 Å². The van der Waals surface area contributed by atoms with E-state index in [1.807, 2.05) is 32.0 Å². The minimum atomic E-state index is -0.642. The predicted molar refractivity (Wildman–Crippen MR) is 124 cm³/mol. The number of benzene rings is 1. The highest BCUT2D eigenvalue weighted by atomic mass is 32.1. The molecule has 1 saturated heterocycles. The molecule has 9 nitrogen and oxygen atoms in total. The second-order valence-corrected chi connectivity index (χ2v) is 9.96. The van der Waals surface area contributed by atoms with Crippen LogP contribution in [0.3, 0.4) is 0 Å². The molecule has 178 valence electrons. The van der Waals surface area contributed by atoms with Crippen molar-refractivity contribution < 1.29 is 28.8 Å². The number of amides is 3. The topological polar surface area (TPSA) is 114 Å². The van der Waals surface area contributed by atoms with Gasteiger partial charge in [0.2, 0.25) is 5.91 Å². The van der Waals surface area contributed by atoms with E-state index in [-0.39, 0.29) is 38.2 Å². The summed E-state index contributed by atoms with van der Waals surface area (Å²) in [7, 11) is 0. The highest BCUT2D eigenvalue weighted by Gasteiger charge is 2.32. The molecule has 1 heterocycles. The molecule has 0 saturated carbocycles. The Balaban J connectivity index is 1.48. The van der Waals surface area contributed by atoms with Crippen molar-refractivity contribution in [1.82, 2.24) is 10.5 Å². The SMILES string of the molecule is CC(C)(S)CC(=O)N/N=C1\CCCc2cc(OCCCC(=O)ON3C(=O)CCC3=O)ccc21. The van der Waals surface area contributed by atoms with E-state index in [9.17, 15) is 19.2 Å². The van der Waals surface area contributed by atoms with Crippen LogP contribution in [-0.4, -0.2) is 45.8 Å². The van der Waals surface area contributed by atoms with Gasteiger partial charge in [-0.3, -0.25) is 14.4 Å². The standard InChI is InChI=1S/C23H29N3O6S/c1-23(2,33)14-19(27)25-24-18-6-3-5-15-13-16(8-9-17(15)18)31-12-4-7-22(30)32-26-20(28)10-11-21(26)29/h8-9,13,33H,3-7,10-12,14H2,1-2H3,(H,25,27)/b24-18+. The first kappa shape index (κ1) is 24.8. The number of hydroxylamine groups is 2. The summed E-state index contributed by atoms with van der Waals surface area (Å²) in [6, 6.07) is 5.71. The second kappa shape index (κ2) is 10.8. The van der Waals surface area contributed by atoms with E-state index in [1.165, 1.54) is 0 Å². The first-order valence-corrected chi connectivity index (χ1v) is 11.5. The van der Waals surface area contributed by atoms with E-state index in [4.69, 9.17) is 9.57 Å². The minimum Gasteiger partial charge on any atom is -0.494 e. The zero-order valence-corrected chi connectivity index (χ0v) is 19.8. The van der Waals surface area contributed by atoms with Crippen LogP contribution in [-0.2, 0) is 30.4 Å². The van der Waals surface area contributed by atoms with E-state index in [0.717, 1.165) is 36.1 Å². The van der Waals surface area contributed by atoms with Crippen LogP contribution in [0.15, 0.2) is 23.3 Å². The van der Waals surface area contributed by atoms with Gasteiger partial charge in [-0.2, -0.15) is 17.7 Å². The maximum atomic E-state index is 12.0. The number of thiol groups is 1. The summed E-state index contributed by atoms with van der Waals surface area (Å²) in [6.45, 7) is 4.03. The molecule has 1 N–H and O–H groups in total. The molecule has 1 aromatic rings. The van der Waals surface area contributed by atoms with Crippen LogP contribution in [0.1, 0.15) is 69.9 Å². The maximum Gasteiger partial charge on any atom is 0.333 e. The van der Waals surface area contributed by atoms with Crippen molar-refractivity contribution in [3.8, 4) is 5.75 Å². The number of carbonyl (C=O) groups is 4. The zero-order valence-electron chi connectivity index (χ0n) is 18.9. The molecule has 2 aliphatic rings. The molecule has 1 aliphatic heterocycles. The number of nitrogens with zero attached hydrogens (tertiary/aromatic N) is 2. The summed E-state index contributed by atoms with van der Waals surface area (Å²) in [4.78, 5) is 51.7. The zero-order chi connectivity index (χ0) is 24.0. The Morgan fingerprint density at radius 1 is 1.15 bits per heavy atom. The summed E-state index contributed by atoms with van der Waals surface area (Å²) >= 11 is 4.37. The lowest BCUT2D eigenvalue weighted by molar-refractivity contribution is -0.197. The van der Waals surface area contributed by atoms with Crippen LogP contribution in [0.5, 0.6) is 5.75 Å². The van der Waals surface area contributed by atoms with Gasteiger partial charge in [-0.25, -0.2) is 10.2 Å². The summed E-state index contributed by atoms with van der Waals surface area (Å²) in [6.07, 6.45) is 3.40. The normalized spacial score (nSPS) is 17.2. The lowest BCUT2D eigenvalue weighted by Crippen LogP contribution is -2.32. The quantitative estimate of drug-likeness (QED) is 0.246. The van der Waals surface area contributed by atoms with Gasteiger partial charge in [0.1, 0.15) is 5.75 Å². The molecule has 0 bridgehead atoms. The molecular weight excluding hydrogens is 446 g/mol. The van der Waals surface area contributed by atoms with Gasteiger partial charge >= 0.3 is 5.97 Å². The van der Waals surface area contributed by atoms with Crippen molar-refractivity contribution in [3.63, 3.8) is 0 Å². The van der Waals surface area contributed by atoms with Crippen LogP contribution < -0.4 is 10.2 Å².